The second-order valence-electron chi connectivity index (χ2n) is 3.68. The molecule has 0 radical (unpaired) electrons. The maximum Gasteiger partial charge on any atom is 0.143 e. The molecule has 0 saturated heterocycles. The molecule has 0 aliphatic carbocycles. The summed E-state index contributed by atoms with van der Waals surface area (Å²) in [7, 11) is 0. The van der Waals surface area contributed by atoms with E-state index >= 15 is 0 Å². The van der Waals surface area contributed by atoms with Gasteiger partial charge in [-0.25, -0.2) is 0 Å². The van der Waals surface area contributed by atoms with E-state index in [0.29, 0.717) is 5.57 Å². The third-order valence-electron chi connectivity index (χ3n) is 1.49. The number of halogens is 1. The van der Waals surface area contributed by atoms with Crippen LogP contribution in [0, 0.1) is 10.8 Å². The predicted molar refractivity (Wildman–Crippen MR) is 56.9 cm³/mol. The molecule has 0 aromatic rings. The summed E-state index contributed by atoms with van der Waals surface area (Å²) in [6, 6.07) is 0. The molecular formula is C8H15ClN4. The van der Waals surface area contributed by atoms with E-state index in [1.165, 1.54) is 6.08 Å². The van der Waals surface area contributed by atoms with Crippen molar-refractivity contribution in [2.45, 2.75) is 20.8 Å². The van der Waals surface area contributed by atoms with Gasteiger partial charge in [-0.2, -0.15) is 5.10 Å². The van der Waals surface area contributed by atoms with E-state index < -0.39 is 0 Å². The average Bonchev–Trinajstić information content (AvgIpc) is 1.96. The summed E-state index contributed by atoms with van der Waals surface area (Å²) in [4.78, 5) is 0. The lowest BCUT2D eigenvalue weighted by Crippen LogP contribution is -2.19. The highest BCUT2D eigenvalue weighted by molar-refractivity contribution is 6.69. The van der Waals surface area contributed by atoms with E-state index in [0.717, 1.165) is 0 Å². The van der Waals surface area contributed by atoms with E-state index in [9.17, 15) is 0 Å². The van der Waals surface area contributed by atoms with Gasteiger partial charge in [0.15, 0.2) is 0 Å². The van der Waals surface area contributed by atoms with E-state index in [2.05, 4.69) is 5.10 Å². The zero-order valence-corrected chi connectivity index (χ0v) is 8.81. The Morgan fingerprint density at radius 1 is 1.46 bits per heavy atom. The molecule has 0 amide bonds. The molecule has 5 heteroatoms. The van der Waals surface area contributed by atoms with Gasteiger partial charge >= 0.3 is 0 Å². The monoisotopic (exact) mass is 202 g/mol. The molecule has 0 bridgehead atoms. The molecule has 0 spiro atoms. The van der Waals surface area contributed by atoms with Crippen molar-refractivity contribution in [3.8, 4) is 0 Å². The average molecular weight is 203 g/mol. The van der Waals surface area contributed by atoms with Gasteiger partial charge < -0.3 is 11.6 Å². The highest BCUT2D eigenvalue weighted by Gasteiger charge is 2.20. The third-order valence-corrected chi connectivity index (χ3v) is 1.69. The van der Waals surface area contributed by atoms with E-state index in [1.54, 1.807) is 0 Å². The fourth-order valence-electron chi connectivity index (χ4n) is 0.794. The van der Waals surface area contributed by atoms with Crippen LogP contribution in [0.25, 0.3) is 0 Å². The van der Waals surface area contributed by atoms with Crippen LogP contribution in [0.15, 0.2) is 16.8 Å². The first-order valence-corrected chi connectivity index (χ1v) is 4.16. The number of allylic oxidation sites excluding steroid dienone is 1. The smallest absolute Gasteiger partial charge is 0.143 e. The Hall–Kier alpha value is -1.03. The lowest BCUT2D eigenvalue weighted by Gasteiger charge is -2.20. The molecule has 0 aromatic carbocycles. The van der Waals surface area contributed by atoms with Crippen molar-refractivity contribution in [2.24, 2.45) is 22.1 Å². The van der Waals surface area contributed by atoms with Crippen LogP contribution in [-0.2, 0) is 0 Å². The highest BCUT2D eigenvalue weighted by atomic mass is 35.5. The van der Waals surface area contributed by atoms with Crippen molar-refractivity contribution in [2.75, 3.05) is 0 Å². The van der Waals surface area contributed by atoms with Crippen LogP contribution in [0.5, 0.6) is 0 Å². The van der Waals surface area contributed by atoms with Gasteiger partial charge in [-0.05, 0) is 17.1 Å². The Morgan fingerprint density at radius 2 is 1.92 bits per heavy atom. The predicted octanol–water partition coefficient (Wildman–Crippen LogP) is 1.41. The number of hydrogen-bond acceptors (Lipinski definition) is 3. The van der Waals surface area contributed by atoms with Gasteiger partial charge in [0.25, 0.3) is 0 Å². The van der Waals surface area contributed by atoms with E-state index in [1.807, 2.05) is 20.8 Å². The minimum atomic E-state index is -0.242. The summed E-state index contributed by atoms with van der Waals surface area (Å²) >= 11 is 5.59. The molecule has 74 valence electrons. The second-order valence-corrected chi connectivity index (χ2v) is 4.05. The summed E-state index contributed by atoms with van der Waals surface area (Å²) in [5.41, 5.74) is 5.77. The van der Waals surface area contributed by atoms with Gasteiger partial charge in [0.1, 0.15) is 11.0 Å². The number of nitrogens with two attached hydrogens (primary N) is 2. The van der Waals surface area contributed by atoms with Gasteiger partial charge in [0.05, 0.1) is 0 Å². The van der Waals surface area contributed by atoms with Gasteiger partial charge in [0, 0.05) is 0 Å². The molecule has 0 atom stereocenters. The molecule has 13 heavy (non-hydrogen) atoms. The Bertz CT molecular complexity index is 260. The van der Waals surface area contributed by atoms with Crippen molar-refractivity contribution in [1.82, 2.24) is 0 Å². The van der Waals surface area contributed by atoms with Crippen LogP contribution in [0.1, 0.15) is 20.8 Å². The maximum atomic E-state index is 7.32. The molecule has 0 aliphatic rings. The Kier molecular flexibility index (Phi) is 3.94. The zero-order valence-electron chi connectivity index (χ0n) is 8.06. The van der Waals surface area contributed by atoms with Crippen LogP contribution < -0.4 is 11.6 Å². The fourth-order valence-corrected chi connectivity index (χ4v) is 1.13. The van der Waals surface area contributed by atoms with Crippen molar-refractivity contribution < 1.29 is 0 Å². The Labute approximate surface area is 83.1 Å². The standard InChI is InChI=1S/C8H15ClN4/c1-8(2,3)5(7(9)11)4-6(10)13-12/h4,11H,12H2,1-3H3,(H2,10,13)/b5-4+,11-7?. The third kappa shape index (κ3) is 3.94. The number of amidine groups is 1. The SMILES string of the molecule is CC(C)(C)/C(=C/C(N)=N/N)C(=N)Cl. The number of hydrazone groups is 1. The van der Waals surface area contributed by atoms with Crippen LogP contribution in [0.4, 0.5) is 0 Å². The first-order valence-electron chi connectivity index (χ1n) is 3.79. The van der Waals surface area contributed by atoms with Gasteiger partial charge in [-0.15, -0.1) is 0 Å². The van der Waals surface area contributed by atoms with Crippen molar-refractivity contribution in [3.05, 3.63) is 11.6 Å². The summed E-state index contributed by atoms with van der Waals surface area (Å²) in [5.74, 6) is 5.13. The van der Waals surface area contributed by atoms with Crippen molar-refractivity contribution >= 4 is 22.6 Å². The number of hydrogen-bond donors (Lipinski definition) is 3. The Morgan fingerprint density at radius 3 is 2.15 bits per heavy atom. The van der Waals surface area contributed by atoms with Crippen LogP contribution in [0.3, 0.4) is 0 Å². The second kappa shape index (κ2) is 4.28. The Balaban J connectivity index is 5.06. The first kappa shape index (κ1) is 12.0. The molecule has 5 N–H and O–H groups in total. The highest BCUT2D eigenvalue weighted by Crippen LogP contribution is 2.26. The normalized spacial score (nSPS) is 14.5. The molecule has 0 heterocycles. The molecule has 0 fully saturated rings. The fraction of sp³-hybridized carbons (Fsp3) is 0.500. The molecular weight excluding hydrogens is 188 g/mol. The zero-order chi connectivity index (χ0) is 10.6. The quantitative estimate of drug-likeness (QED) is 0.274. The molecule has 0 rings (SSSR count). The molecule has 0 aromatic heterocycles. The molecule has 0 saturated carbocycles. The summed E-state index contributed by atoms with van der Waals surface area (Å²) in [6.07, 6.45) is 1.51. The largest absolute Gasteiger partial charge is 0.382 e. The van der Waals surface area contributed by atoms with Gasteiger partial charge in [-0.1, -0.05) is 32.4 Å². The van der Waals surface area contributed by atoms with E-state index in [4.69, 9.17) is 28.6 Å². The lowest BCUT2D eigenvalue weighted by molar-refractivity contribution is 0.526. The van der Waals surface area contributed by atoms with Crippen LogP contribution in [-0.4, -0.2) is 11.0 Å². The van der Waals surface area contributed by atoms with Crippen LogP contribution >= 0.6 is 11.6 Å². The topological polar surface area (TPSA) is 88.2 Å². The van der Waals surface area contributed by atoms with Gasteiger partial charge in [-0.3, -0.25) is 5.41 Å². The lowest BCUT2D eigenvalue weighted by atomic mass is 9.86. The minimum Gasteiger partial charge on any atom is -0.382 e. The summed E-state index contributed by atoms with van der Waals surface area (Å²) in [6.45, 7) is 5.79. The number of nitrogens with zero attached hydrogens (tertiary/aromatic N) is 1. The van der Waals surface area contributed by atoms with E-state index in [-0.39, 0.29) is 16.4 Å². The minimum absolute atomic E-state index is 0.0425. The molecule has 0 aliphatic heterocycles. The summed E-state index contributed by atoms with van der Waals surface area (Å²) in [5, 5.41) is 10.6. The summed E-state index contributed by atoms with van der Waals surface area (Å²) < 4.78 is 0. The molecule has 0 unspecified atom stereocenters. The number of nitrogens with one attached hydrogen (secondary N) is 1. The van der Waals surface area contributed by atoms with Gasteiger partial charge in [0.2, 0.25) is 0 Å². The maximum absolute atomic E-state index is 7.32. The first-order chi connectivity index (χ1) is 5.79. The number of rotatable bonds is 2. The van der Waals surface area contributed by atoms with Crippen molar-refractivity contribution in [1.29, 1.82) is 5.41 Å². The molecule has 4 nitrogen and oxygen atoms in total. The van der Waals surface area contributed by atoms with Crippen LogP contribution in [0.2, 0.25) is 0 Å². The van der Waals surface area contributed by atoms with Crippen molar-refractivity contribution in [3.63, 3.8) is 0 Å².